The first-order chi connectivity index (χ1) is 21.2. The summed E-state index contributed by atoms with van der Waals surface area (Å²) in [5.41, 5.74) is -1.87. The standard InChI is InChI=1S/C31H55N3O12/c1-28(2,40-9)15-19-44-30(5,6)13-17-42-26(38)32-21-22(25(37)46-34-23(35)11-12-24(34)36)33-27(39)43-18-14-31(7,8)45-20-16-29(3,4)41-10/h22H,11-21H2,1-10H3,(H,32,38)(H,33,39). The molecule has 266 valence electrons. The predicted octanol–water partition coefficient (Wildman–Crippen LogP) is 3.42. The summed E-state index contributed by atoms with van der Waals surface area (Å²) >= 11 is 0. The number of nitrogens with zero attached hydrogens (tertiary/aromatic N) is 1. The van der Waals surface area contributed by atoms with Crippen LogP contribution in [-0.2, 0) is 47.6 Å². The molecule has 0 aromatic rings. The van der Waals surface area contributed by atoms with Crippen LogP contribution in [0.5, 0.6) is 0 Å². The maximum absolute atomic E-state index is 12.8. The fraction of sp³-hybridized carbons (Fsp3) is 0.839. The van der Waals surface area contributed by atoms with Gasteiger partial charge in [0, 0.05) is 39.9 Å². The smallest absolute Gasteiger partial charge is 0.407 e. The Bertz CT molecular complexity index is 1010. The maximum atomic E-state index is 12.8. The molecule has 1 saturated heterocycles. The molecule has 1 heterocycles. The van der Waals surface area contributed by atoms with E-state index in [0.29, 0.717) is 44.0 Å². The van der Waals surface area contributed by atoms with Gasteiger partial charge in [0.2, 0.25) is 0 Å². The van der Waals surface area contributed by atoms with Gasteiger partial charge in [-0.15, -0.1) is 5.06 Å². The van der Waals surface area contributed by atoms with E-state index in [1.165, 1.54) is 0 Å². The van der Waals surface area contributed by atoms with E-state index in [1.54, 1.807) is 14.2 Å². The zero-order valence-corrected chi connectivity index (χ0v) is 29.2. The fourth-order valence-electron chi connectivity index (χ4n) is 3.70. The second-order valence-electron chi connectivity index (χ2n) is 13.5. The monoisotopic (exact) mass is 661 g/mol. The molecule has 46 heavy (non-hydrogen) atoms. The lowest BCUT2D eigenvalue weighted by molar-refractivity contribution is -0.198. The highest BCUT2D eigenvalue weighted by Crippen LogP contribution is 2.20. The fourth-order valence-corrected chi connectivity index (χ4v) is 3.70. The molecule has 0 aliphatic carbocycles. The maximum Gasteiger partial charge on any atom is 0.407 e. The Morgan fingerprint density at radius 2 is 1.09 bits per heavy atom. The van der Waals surface area contributed by atoms with Gasteiger partial charge >= 0.3 is 18.2 Å². The summed E-state index contributed by atoms with van der Waals surface area (Å²) in [4.78, 5) is 66.6. The largest absolute Gasteiger partial charge is 0.449 e. The predicted molar refractivity (Wildman–Crippen MR) is 166 cm³/mol. The van der Waals surface area contributed by atoms with E-state index < -0.39 is 53.8 Å². The molecule has 0 aromatic heterocycles. The lowest BCUT2D eigenvalue weighted by atomic mass is 10.0. The highest BCUT2D eigenvalue weighted by atomic mass is 16.7. The zero-order chi connectivity index (χ0) is 35.2. The normalized spacial score (nSPS) is 15.0. The number of rotatable bonds is 21. The third kappa shape index (κ3) is 16.5. The van der Waals surface area contributed by atoms with Crippen molar-refractivity contribution in [2.24, 2.45) is 0 Å². The average molecular weight is 662 g/mol. The topological polar surface area (TPSA) is 177 Å². The molecular formula is C31H55N3O12. The van der Waals surface area contributed by atoms with Crippen molar-refractivity contribution in [3.8, 4) is 0 Å². The molecule has 0 spiro atoms. The Labute approximate surface area is 272 Å². The number of carbonyl (C=O) groups excluding carboxylic acids is 5. The number of nitrogens with one attached hydrogen (secondary N) is 2. The van der Waals surface area contributed by atoms with Crippen LogP contribution >= 0.6 is 0 Å². The summed E-state index contributed by atoms with van der Waals surface area (Å²) in [6.45, 7) is 15.6. The Morgan fingerprint density at radius 1 is 0.674 bits per heavy atom. The van der Waals surface area contributed by atoms with E-state index in [0.717, 1.165) is 0 Å². The van der Waals surface area contributed by atoms with Crippen LogP contribution < -0.4 is 10.6 Å². The van der Waals surface area contributed by atoms with Crippen molar-refractivity contribution >= 4 is 30.0 Å². The number of hydrogen-bond acceptors (Lipinski definition) is 12. The summed E-state index contributed by atoms with van der Waals surface area (Å²) in [7, 11) is 3.26. The second kappa shape index (κ2) is 18.4. The Morgan fingerprint density at radius 3 is 1.52 bits per heavy atom. The van der Waals surface area contributed by atoms with Gasteiger partial charge < -0.3 is 43.9 Å². The molecule has 1 aliphatic rings. The molecule has 1 rings (SSSR count). The molecule has 1 fully saturated rings. The van der Waals surface area contributed by atoms with Crippen LogP contribution in [0.4, 0.5) is 9.59 Å². The third-order valence-electron chi connectivity index (χ3n) is 7.59. The minimum absolute atomic E-state index is 0.00862. The first kappa shape index (κ1) is 41.0. The summed E-state index contributed by atoms with van der Waals surface area (Å²) in [5.74, 6) is -2.55. The molecule has 1 aliphatic heterocycles. The van der Waals surface area contributed by atoms with Crippen LogP contribution in [-0.4, -0.2) is 111 Å². The SMILES string of the molecule is COC(C)(C)CCOC(C)(C)CCOC(=O)NCC(NC(=O)OCCC(C)(C)OCCC(C)(C)OC)C(=O)ON1C(=O)CCC1=O. The van der Waals surface area contributed by atoms with Gasteiger partial charge in [-0.05, 0) is 68.2 Å². The Hall–Kier alpha value is -3.01. The van der Waals surface area contributed by atoms with Gasteiger partial charge in [0.1, 0.15) is 6.04 Å². The molecule has 1 atom stereocenters. The number of carbonyl (C=O) groups is 5. The van der Waals surface area contributed by atoms with E-state index in [-0.39, 0.29) is 37.3 Å². The van der Waals surface area contributed by atoms with E-state index in [2.05, 4.69) is 10.6 Å². The first-order valence-electron chi connectivity index (χ1n) is 15.5. The minimum atomic E-state index is -1.51. The highest BCUT2D eigenvalue weighted by molar-refractivity contribution is 6.01. The number of methoxy groups -OCH3 is 2. The summed E-state index contributed by atoms with van der Waals surface area (Å²) in [5, 5.41) is 5.04. The van der Waals surface area contributed by atoms with Gasteiger partial charge in [-0.2, -0.15) is 0 Å². The zero-order valence-electron chi connectivity index (χ0n) is 29.2. The van der Waals surface area contributed by atoms with Crippen LogP contribution in [0, 0.1) is 0 Å². The molecule has 0 bridgehead atoms. The number of imide groups is 1. The quantitative estimate of drug-likeness (QED) is 0.172. The lowest BCUT2D eigenvalue weighted by Gasteiger charge is -2.29. The molecular weight excluding hydrogens is 606 g/mol. The minimum Gasteiger partial charge on any atom is -0.449 e. The number of alkyl carbamates (subject to hydrolysis) is 2. The van der Waals surface area contributed by atoms with Gasteiger partial charge in [0.05, 0.1) is 55.4 Å². The number of hydrogen-bond donors (Lipinski definition) is 2. The van der Waals surface area contributed by atoms with Crippen LogP contribution in [0.3, 0.4) is 0 Å². The van der Waals surface area contributed by atoms with Crippen LogP contribution in [0.1, 0.15) is 93.9 Å². The molecule has 0 aromatic carbocycles. The van der Waals surface area contributed by atoms with Gasteiger partial charge in [-0.25, -0.2) is 14.4 Å². The van der Waals surface area contributed by atoms with E-state index >= 15 is 0 Å². The Balaban J connectivity index is 2.65. The first-order valence-corrected chi connectivity index (χ1v) is 15.5. The van der Waals surface area contributed by atoms with Crippen molar-refractivity contribution in [3.63, 3.8) is 0 Å². The van der Waals surface area contributed by atoms with Gasteiger partial charge in [0.15, 0.2) is 0 Å². The molecule has 4 amide bonds. The summed E-state index contributed by atoms with van der Waals surface area (Å²) in [6.07, 6.45) is -0.00882. The Kier molecular flexibility index (Phi) is 16.4. The average Bonchev–Trinajstić information content (AvgIpc) is 3.26. The number of hydroxylamine groups is 2. The summed E-state index contributed by atoms with van der Waals surface area (Å²) in [6, 6.07) is -1.51. The van der Waals surface area contributed by atoms with Crippen molar-refractivity contribution < 1.29 is 57.2 Å². The van der Waals surface area contributed by atoms with Crippen molar-refractivity contribution in [1.29, 1.82) is 0 Å². The number of ether oxygens (including phenoxy) is 6. The molecule has 15 nitrogen and oxygen atoms in total. The van der Waals surface area contributed by atoms with Crippen molar-refractivity contribution in [2.45, 2.75) is 122 Å². The van der Waals surface area contributed by atoms with Gasteiger partial charge in [-0.1, -0.05) is 0 Å². The molecule has 1 unspecified atom stereocenters. The van der Waals surface area contributed by atoms with Crippen molar-refractivity contribution in [2.75, 3.05) is 47.2 Å². The van der Waals surface area contributed by atoms with Crippen LogP contribution in [0.2, 0.25) is 0 Å². The van der Waals surface area contributed by atoms with E-state index in [1.807, 2.05) is 55.4 Å². The summed E-state index contributed by atoms with van der Waals surface area (Å²) < 4.78 is 33.0. The highest BCUT2D eigenvalue weighted by Gasteiger charge is 2.36. The lowest BCUT2D eigenvalue weighted by Crippen LogP contribution is -2.51. The van der Waals surface area contributed by atoms with Gasteiger partial charge in [0.25, 0.3) is 11.8 Å². The number of amides is 4. The third-order valence-corrected chi connectivity index (χ3v) is 7.59. The van der Waals surface area contributed by atoms with Crippen molar-refractivity contribution in [3.05, 3.63) is 0 Å². The van der Waals surface area contributed by atoms with Crippen LogP contribution in [0.15, 0.2) is 0 Å². The molecule has 0 radical (unpaired) electrons. The van der Waals surface area contributed by atoms with Crippen LogP contribution in [0.25, 0.3) is 0 Å². The van der Waals surface area contributed by atoms with E-state index in [4.69, 9.17) is 33.3 Å². The van der Waals surface area contributed by atoms with Crippen molar-refractivity contribution in [1.82, 2.24) is 15.7 Å². The van der Waals surface area contributed by atoms with Gasteiger partial charge in [-0.3, -0.25) is 9.59 Å². The van der Waals surface area contributed by atoms with E-state index in [9.17, 15) is 24.0 Å². The second-order valence-corrected chi connectivity index (χ2v) is 13.5. The molecule has 0 saturated carbocycles. The molecule has 2 N–H and O–H groups in total. The molecule has 15 heteroatoms.